The number of methoxy groups -OCH3 is 1. The van der Waals surface area contributed by atoms with E-state index >= 15 is 0 Å². The number of hydrogen-bond donors (Lipinski definition) is 0. The van der Waals surface area contributed by atoms with Gasteiger partial charge >= 0.3 is 0 Å². The van der Waals surface area contributed by atoms with Crippen LogP contribution in [0.4, 0.5) is 0 Å². The van der Waals surface area contributed by atoms with Gasteiger partial charge in [-0.3, -0.25) is 0 Å². The predicted molar refractivity (Wildman–Crippen MR) is 66.6 cm³/mol. The zero-order valence-electron chi connectivity index (χ0n) is 9.99. The van der Waals surface area contributed by atoms with Gasteiger partial charge in [-0.2, -0.15) is 0 Å². The molecule has 0 aromatic heterocycles. The second-order valence-corrected chi connectivity index (χ2v) is 7.28. The quantitative estimate of drug-likeness (QED) is 0.692. The molecule has 96 valence electrons. The highest BCUT2D eigenvalue weighted by atomic mass is 35.5. The van der Waals surface area contributed by atoms with Gasteiger partial charge < -0.3 is 4.74 Å². The van der Waals surface area contributed by atoms with Crippen LogP contribution in [0.25, 0.3) is 0 Å². The van der Waals surface area contributed by atoms with Crippen molar-refractivity contribution >= 4 is 21.4 Å². The van der Waals surface area contributed by atoms with Crippen molar-refractivity contribution in [3.63, 3.8) is 0 Å². The van der Waals surface area contributed by atoms with E-state index in [1.54, 1.807) is 7.11 Å². The molecule has 0 N–H and O–H groups in total. The fourth-order valence-electron chi connectivity index (χ4n) is 2.42. The molecule has 3 nitrogen and oxygen atoms in total. The van der Waals surface area contributed by atoms with Crippen molar-refractivity contribution in [2.75, 3.05) is 31.1 Å². The van der Waals surface area contributed by atoms with Crippen LogP contribution >= 0.6 is 11.6 Å². The third-order valence-electron chi connectivity index (χ3n) is 3.56. The molecule has 0 bridgehead atoms. The van der Waals surface area contributed by atoms with Crippen molar-refractivity contribution in [2.45, 2.75) is 19.8 Å². The van der Waals surface area contributed by atoms with Gasteiger partial charge in [0.2, 0.25) is 0 Å². The molecule has 3 unspecified atom stereocenters. The Hall–Kier alpha value is 0.200. The van der Waals surface area contributed by atoms with Crippen LogP contribution in [-0.2, 0) is 14.6 Å². The summed E-state index contributed by atoms with van der Waals surface area (Å²) in [5.41, 5.74) is 0. The molecule has 1 rings (SSSR count). The number of halogens is 1. The van der Waals surface area contributed by atoms with Crippen LogP contribution < -0.4 is 0 Å². The Balaban J connectivity index is 2.54. The van der Waals surface area contributed by atoms with Crippen LogP contribution in [0.15, 0.2) is 0 Å². The van der Waals surface area contributed by atoms with Crippen LogP contribution in [-0.4, -0.2) is 39.5 Å². The molecular formula is C11H21ClO3S. The Labute approximate surface area is 103 Å². The normalized spacial score (nSPS) is 27.8. The lowest BCUT2D eigenvalue weighted by Crippen LogP contribution is -2.25. The molecule has 0 radical (unpaired) electrons. The van der Waals surface area contributed by atoms with Gasteiger partial charge in [0.25, 0.3) is 0 Å². The summed E-state index contributed by atoms with van der Waals surface area (Å²) in [5.74, 6) is 2.17. The van der Waals surface area contributed by atoms with E-state index in [0.29, 0.717) is 35.8 Å². The zero-order chi connectivity index (χ0) is 12.2. The lowest BCUT2D eigenvalue weighted by molar-refractivity contribution is 0.157. The maximum atomic E-state index is 11.4. The first-order valence-corrected chi connectivity index (χ1v) is 8.11. The summed E-state index contributed by atoms with van der Waals surface area (Å²) >= 11 is 5.98. The molecule has 0 aromatic carbocycles. The Kier molecular flexibility index (Phi) is 5.54. The lowest BCUT2D eigenvalue weighted by Gasteiger charge is -2.26. The smallest absolute Gasteiger partial charge is 0.150 e. The minimum atomic E-state index is -2.79. The van der Waals surface area contributed by atoms with Crippen molar-refractivity contribution < 1.29 is 13.2 Å². The van der Waals surface area contributed by atoms with Gasteiger partial charge in [0.05, 0.1) is 11.5 Å². The minimum absolute atomic E-state index is 0.245. The van der Waals surface area contributed by atoms with Crippen molar-refractivity contribution in [1.82, 2.24) is 0 Å². The number of ether oxygens (including phenoxy) is 1. The fraction of sp³-hybridized carbons (Fsp3) is 1.00. The second kappa shape index (κ2) is 6.22. The Morgan fingerprint density at radius 1 is 1.50 bits per heavy atom. The van der Waals surface area contributed by atoms with Crippen molar-refractivity contribution in [3.8, 4) is 0 Å². The van der Waals surface area contributed by atoms with E-state index in [2.05, 4.69) is 6.92 Å². The highest BCUT2D eigenvalue weighted by Crippen LogP contribution is 2.33. The van der Waals surface area contributed by atoms with E-state index in [0.717, 1.165) is 12.8 Å². The molecule has 1 heterocycles. The van der Waals surface area contributed by atoms with E-state index in [1.165, 1.54) is 0 Å². The maximum Gasteiger partial charge on any atom is 0.150 e. The van der Waals surface area contributed by atoms with Crippen molar-refractivity contribution in [2.24, 2.45) is 17.8 Å². The Morgan fingerprint density at radius 3 is 2.62 bits per heavy atom. The topological polar surface area (TPSA) is 43.4 Å². The molecule has 16 heavy (non-hydrogen) atoms. The first-order chi connectivity index (χ1) is 7.50. The molecule has 0 spiro atoms. The summed E-state index contributed by atoms with van der Waals surface area (Å²) < 4.78 is 27.9. The third kappa shape index (κ3) is 3.90. The van der Waals surface area contributed by atoms with Crippen molar-refractivity contribution in [1.29, 1.82) is 0 Å². The largest absolute Gasteiger partial charge is 0.385 e. The van der Waals surface area contributed by atoms with Gasteiger partial charge in [0.1, 0.15) is 0 Å². The van der Waals surface area contributed by atoms with Crippen LogP contribution in [0.5, 0.6) is 0 Å². The van der Waals surface area contributed by atoms with Gasteiger partial charge in [-0.1, -0.05) is 6.92 Å². The highest BCUT2D eigenvalue weighted by Gasteiger charge is 2.35. The first-order valence-electron chi connectivity index (χ1n) is 5.75. The fourth-order valence-corrected chi connectivity index (χ4v) is 4.87. The summed E-state index contributed by atoms with van der Waals surface area (Å²) in [6, 6.07) is 0. The Morgan fingerprint density at radius 2 is 2.19 bits per heavy atom. The van der Waals surface area contributed by atoms with E-state index in [4.69, 9.17) is 16.3 Å². The lowest BCUT2D eigenvalue weighted by atomic mass is 9.82. The molecule has 3 atom stereocenters. The second-order valence-electron chi connectivity index (χ2n) is 4.74. The van der Waals surface area contributed by atoms with Gasteiger partial charge in [0.15, 0.2) is 9.84 Å². The summed E-state index contributed by atoms with van der Waals surface area (Å²) in [6.07, 6.45) is 1.72. The average Bonchev–Trinajstić information content (AvgIpc) is 2.57. The van der Waals surface area contributed by atoms with Gasteiger partial charge in [-0.15, -0.1) is 11.6 Å². The molecule has 0 aliphatic carbocycles. The highest BCUT2D eigenvalue weighted by molar-refractivity contribution is 7.91. The minimum Gasteiger partial charge on any atom is -0.385 e. The van der Waals surface area contributed by atoms with E-state index < -0.39 is 9.84 Å². The predicted octanol–water partition coefficient (Wildman–Crippen LogP) is 1.95. The monoisotopic (exact) mass is 268 g/mol. The molecule has 1 aliphatic heterocycles. The molecule has 0 amide bonds. The van der Waals surface area contributed by atoms with E-state index in [-0.39, 0.29) is 5.92 Å². The number of hydrogen-bond acceptors (Lipinski definition) is 3. The zero-order valence-corrected chi connectivity index (χ0v) is 11.6. The average molecular weight is 269 g/mol. The standard InChI is InChI=1S/C11H21ClO3S/c1-9(3-5-15-2)11(7-12)10-4-6-16(13,14)8-10/h9-11H,3-8H2,1-2H3. The molecule has 0 aromatic rings. The van der Waals surface area contributed by atoms with E-state index in [1.807, 2.05) is 0 Å². The summed E-state index contributed by atoms with van der Waals surface area (Å²) in [4.78, 5) is 0. The summed E-state index contributed by atoms with van der Waals surface area (Å²) in [6.45, 7) is 2.85. The molecule has 5 heteroatoms. The van der Waals surface area contributed by atoms with Crippen LogP contribution in [0.2, 0.25) is 0 Å². The first kappa shape index (κ1) is 14.3. The van der Waals surface area contributed by atoms with Gasteiger partial charge in [-0.05, 0) is 30.6 Å². The van der Waals surface area contributed by atoms with Gasteiger partial charge in [-0.25, -0.2) is 8.42 Å². The molecular weight excluding hydrogens is 248 g/mol. The molecule has 1 aliphatic rings. The summed E-state index contributed by atoms with van der Waals surface area (Å²) in [7, 11) is -1.11. The van der Waals surface area contributed by atoms with Gasteiger partial charge in [0, 0.05) is 19.6 Å². The summed E-state index contributed by atoms with van der Waals surface area (Å²) in [5, 5.41) is 0. The van der Waals surface area contributed by atoms with E-state index in [9.17, 15) is 8.42 Å². The molecule has 1 saturated heterocycles. The van der Waals surface area contributed by atoms with Crippen molar-refractivity contribution in [3.05, 3.63) is 0 Å². The number of rotatable bonds is 6. The van der Waals surface area contributed by atoms with Crippen LogP contribution in [0.3, 0.4) is 0 Å². The van der Waals surface area contributed by atoms with Crippen LogP contribution in [0.1, 0.15) is 19.8 Å². The molecule has 0 saturated carbocycles. The molecule has 1 fully saturated rings. The third-order valence-corrected chi connectivity index (χ3v) is 5.71. The number of sulfone groups is 1. The van der Waals surface area contributed by atoms with Crippen LogP contribution in [0, 0.1) is 17.8 Å². The Bertz CT molecular complexity index is 302. The SMILES string of the molecule is COCCC(C)C(CCl)C1CCS(=O)(=O)C1. The maximum absolute atomic E-state index is 11.4. The number of alkyl halides is 1.